The number of nitrogens with zero attached hydrogens (tertiary/aromatic N) is 6. The topological polar surface area (TPSA) is 120 Å². The number of H-pyrrole nitrogens is 1. The predicted molar refractivity (Wildman–Crippen MR) is 113 cm³/mol. The summed E-state index contributed by atoms with van der Waals surface area (Å²) in [6.45, 7) is 1.68. The Morgan fingerprint density at radius 1 is 1.23 bits per heavy atom. The van der Waals surface area contributed by atoms with Crippen LogP contribution in [0.15, 0.2) is 47.5 Å². The lowest BCUT2D eigenvalue weighted by atomic mass is 10.2. The van der Waals surface area contributed by atoms with Crippen LogP contribution in [0.2, 0.25) is 5.02 Å². The number of carbonyl (C=O) groups is 1. The average molecular weight is 436 g/mol. The molecule has 0 aliphatic heterocycles. The van der Waals surface area contributed by atoms with Crippen LogP contribution in [-0.4, -0.2) is 47.4 Å². The fraction of sp³-hybridized carbons (Fsp3) is 0.100. The third-order valence-corrected chi connectivity index (χ3v) is 5.22. The van der Waals surface area contributed by atoms with E-state index in [2.05, 4.69) is 25.3 Å². The first kappa shape index (κ1) is 18.9. The molecule has 0 unspecified atom stereocenters. The Labute approximate surface area is 179 Å². The van der Waals surface area contributed by atoms with Gasteiger partial charge in [-0.1, -0.05) is 23.7 Å². The molecule has 4 heterocycles. The van der Waals surface area contributed by atoms with E-state index in [9.17, 15) is 9.59 Å². The van der Waals surface area contributed by atoms with Gasteiger partial charge in [-0.15, -0.1) is 5.10 Å². The summed E-state index contributed by atoms with van der Waals surface area (Å²) in [5.41, 5.74) is 1.80. The molecule has 1 N–H and O–H groups in total. The molecule has 154 valence electrons. The van der Waals surface area contributed by atoms with Crippen LogP contribution in [0.25, 0.3) is 33.9 Å². The van der Waals surface area contributed by atoms with Gasteiger partial charge >= 0.3 is 5.97 Å². The molecule has 0 saturated carbocycles. The summed E-state index contributed by atoms with van der Waals surface area (Å²) < 4.78 is 7.57. The maximum Gasteiger partial charge on any atom is 0.343 e. The molecule has 0 saturated heterocycles. The summed E-state index contributed by atoms with van der Waals surface area (Å²) in [7, 11) is 1.29. The van der Waals surface area contributed by atoms with Gasteiger partial charge in [-0.3, -0.25) is 9.89 Å². The molecule has 5 aromatic rings. The van der Waals surface area contributed by atoms with Crippen LogP contribution in [-0.2, 0) is 4.74 Å². The largest absolute Gasteiger partial charge is 0.465 e. The Hall–Kier alpha value is -4.05. The van der Waals surface area contributed by atoms with Crippen molar-refractivity contribution < 1.29 is 9.53 Å². The molecule has 0 spiro atoms. The van der Waals surface area contributed by atoms with Crippen LogP contribution >= 0.6 is 11.6 Å². The van der Waals surface area contributed by atoms with Crippen LogP contribution in [0.1, 0.15) is 16.1 Å². The number of pyridine rings is 1. The molecule has 0 aliphatic carbocycles. The van der Waals surface area contributed by atoms with E-state index >= 15 is 0 Å². The highest BCUT2D eigenvalue weighted by atomic mass is 35.5. The average Bonchev–Trinajstić information content (AvgIpc) is 3.38. The van der Waals surface area contributed by atoms with Crippen molar-refractivity contribution in [2.45, 2.75) is 6.92 Å². The fourth-order valence-corrected chi connectivity index (χ4v) is 3.63. The van der Waals surface area contributed by atoms with Gasteiger partial charge in [0.05, 0.1) is 28.7 Å². The molecule has 11 heteroatoms. The molecular formula is C20H14ClN7O3. The van der Waals surface area contributed by atoms with E-state index in [0.717, 1.165) is 0 Å². The number of rotatable bonds is 3. The van der Waals surface area contributed by atoms with Crippen molar-refractivity contribution in [1.29, 1.82) is 0 Å². The maximum absolute atomic E-state index is 13.1. The van der Waals surface area contributed by atoms with Crippen LogP contribution in [0.5, 0.6) is 0 Å². The number of hydrogen-bond donors (Lipinski definition) is 1. The van der Waals surface area contributed by atoms with Crippen LogP contribution in [0.4, 0.5) is 0 Å². The summed E-state index contributed by atoms with van der Waals surface area (Å²) in [5.74, 6) is 0.0564. The molecule has 0 fully saturated rings. The molecule has 0 atom stereocenters. The van der Waals surface area contributed by atoms with E-state index in [1.165, 1.54) is 22.4 Å². The van der Waals surface area contributed by atoms with Crippen molar-refractivity contribution in [2.75, 3.05) is 7.11 Å². The highest BCUT2D eigenvalue weighted by molar-refractivity contribution is 6.33. The highest BCUT2D eigenvalue weighted by Gasteiger charge is 2.21. The number of ether oxygens (including phenoxy) is 1. The number of benzene rings is 1. The second-order valence-electron chi connectivity index (χ2n) is 6.70. The third kappa shape index (κ3) is 2.88. The maximum atomic E-state index is 13.1. The number of carbonyl (C=O) groups excluding carboxylic acids is 1. The van der Waals surface area contributed by atoms with Gasteiger partial charge in [0.1, 0.15) is 5.56 Å². The molecule has 31 heavy (non-hydrogen) atoms. The van der Waals surface area contributed by atoms with Gasteiger partial charge in [0.15, 0.2) is 11.5 Å². The first-order valence-corrected chi connectivity index (χ1v) is 9.53. The minimum absolute atomic E-state index is 0.161. The number of fused-ring (bicyclic) bond motifs is 3. The number of aromatic nitrogens is 7. The minimum Gasteiger partial charge on any atom is -0.465 e. The van der Waals surface area contributed by atoms with E-state index in [1.807, 2.05) is 12.1 Å². The molecule has 0 radical (unpaired) electrons. The first-order chi connectivity index (χ1) is 15.0. The summed E-state index contributed by atoms with van der Waals surface area (Å²) in [5, 5.41) is 12.1. The number of nitrogens with one attached hydrogen (secondary N) is 1. The molecule has 10 nitrogen and oxygen atoms in total. The number of methoxy groups -OCH3 is 1. The van der Waals surface area contributed by atoms with Crippen molar-refractivity contribution in [2.24, 2.45) is 0 Å². The van der Waals surface area contributed by atoms with Gasteiger partial charge in [0.2, 0.25) is 0 Å². The summed E-state index contributed by atoms with van der Waals surface area (Å²) in [6, 6.07) is 8.87. The zero-order valence-corrected chi connectivity index (χ0v) is 17.1. The highest BCUT2D eigenvalue weighted by Crippen LogP contribution is 2.25. The Bertz CT molecular complexity index is 1550. The Morgan fingerprint density at radius 3 is 2.81 bits per heavy atom. The molecule has 4 aromatic heterocycles. The fourth-order valence-electron chi connectivity index (χ4n) is 3.41. The summed E-state index contributed by atoms with van der Waals surface area (Å²) >= 11 is 6.22. The van der Waals surface area contributed by atoms with Gasteiger partial charge in [-0.25, -0.2) is 18.9 Å². The number of halogens is 1. The summed E-state index contributed by atoms with van der Waals surface area (Å²) in [6.07, 6.45) is 2.94. The van der Waals surface area contributed by atoms with Gasteiger partial charge in [-0.2, -0.15) is 10.1 Å². The minimum atomic E-state index is -0.541. The van der Waals surface area contributed by atoms with Crippen molar-refractivity contribution >= 4 is 34.1 Å². The molecule has 0 aliphatic rings. The molecule has 1 aromatic carbocycles. The molecule has 5 rings (SSSR count). The van der Waals surface area contributed by atoms with Gasteiger partial charge < -0.3 is 4.74 Å². The van der Waals surface area contributed by atoms with Gasteiger partial charge in [0.25, 0.3) is 11.5 Å². The second-order valence-corrected chi connectivity index (χ2v) is 7.11. The van der Waals surface area contributed by atoms with Crippen LogP contribution < -0.4 is 5.56 Å². The lowest BCUT2D eigenvalue weighted by Crippen LogP contribution is -2.20. The van der Waals surface area contributed by atoms with Gasteiger partial charge in [0, 0.05) is 18.0 Å². The zero-order valence-electron chi connectivity index (χ0n) is 16.3. The van der Waals surface area contributed by atoms with E-state index in [0.29, 0.717) is 33.3 Å². The zero-order chi connectivity index (χ0) is 21.7. The van der Waals surface area contributed by atoms with E-state index in [4.69, 9.17) is 16.3 Å². The van der Waals surface area contributed by atoms with Crippen molar-refractivity contribution in [3.05, 3.63) is 69.4 Å². The Balaban J connectivity index is 1.67. The third-order valence-electron chi connectivity index (χ3n) is 4.89. The molecular weight excluding hydrogens is 422 g/mol. The lowest BCUT2D eigenvalue weighted by molar-refractivity contribution is 0.0602. The first-order valence-electron chi connectivity index (χ1n) is 9.15. The van der Waals surface area contributed by atoms with Crippen LogP contribution in [0, 0.1) is 6.92 Å². The number of esters is 1. The number of aromatic amines is 1. The van der Waals surface area contributed by atoms with Crippen molar-refractivity contribution in [3.63, 3.8) is 0 Å². The normalized spacial score (nSPS) is 11.3. The van der Waals surface area contributed by atoms with Crippen molar-refractivity contribution in [1.82, 2.24) is 34.3 Å². The summed E-state index contributed by atoms with van der Waals surface area (Å²) in [4.78, 5) is 33.9. The SMILES string of the molecule is COC(=O)c1c(C)nn2c1ncc1c(=O)n(-c3n[nH]c(-c4ccccc4Cl)n3)ccc12. The van der Waals surface area contributed by atoms with Crippen molar-refractivity contribution in [3.8, 4) is 17.3 Å². The standard InChI is InChI=1S/C20H14ClN7O3/c1-10-15(19(30)31-2)17-22-9-12-14(28(17)26-10)7-8-27(18(12)29)20-23-16(24-25-20)11-5-3-4-6-13(11)21/h3-9H,1-2H3,(H,23,24,25). The lowest BCUT2D eigenvalue weighted by Gasteiger charge is -2.05. The smallest absolute Gasteiger partial charge is 0.343 e. The Morgan fingerprint density at radius 2 is 2.03 bits per heavy atom. The quantitative estimate of drug-likeness (QED) is 0.432. The number of hydrogen-bond acceptors (Lipinski definition) is 7. The second kappa shape index (κ2) is 7.03. The Kier molecular flexibility index (Phi) is 4.29. The van der Waals surface area contributed by atoms with Crippen LogP contribution in [0.3, 0.4) is 0 Å². The van der Waals surface area contributed by atoms with Gasteiger partial charge in [-0.05, 0) is 25.1 Å². The van der Waals surface area contributed by atoms with E-state index in [-0.39, 0.29) is 22.5 Å². The molecule has 0 bridgehead atoms. The predicted octanol–water partition coefficient (Wildman–Crippen LogP) is 2.57. The number of aryl methyl sites for hydroxylation is 1. The molecule has 0 amide bonds. The van der Waals surface area contributed by atoms with E-state index in [1.54, 1.807) is 31.3 Å². The van der Waals surface area contributed by atoms with E-state index < -0.39 is 5.97 Å². The monoisotopic (exact) mass is 435 g/mol.